The number of methoxy groups -OCH3 is 3. The van der Waals surface area contributed by atoms with Crippen LogP contribution < -0.4 is 14.2 Å². The maximum absolute atomic E-state index is 11.9. The SMILES string of the molecule is COc1cc(/C=C/C(=O)c2ccc[nH]2)cc(OC)c1OC. The van der Waals surface area contributed by atoms with Crippen molar-refractivity contribution in [2.45, 2.75) is 0 Å². The van der Waals surface area contributed by atoms with Crippen molar-refractivity contribution >= 4 is 11.9 Å². The highest BCUT2D eigenvalue weighted by atomic mass is 16.5. The van der Waals surface area contributed by atoms with Gasteiger partial charge in [-0.25, -0.2) is 0 Å². The van der Waals surface area contributed by atoms with Crippen molar-refractivity contribution < 1.29 is 19.0 Å². The van der Waals surface area contributed by atoms with Crippen LogP contribution in [0, 0.1) is 0 Å². The zero-order chi connectivity index (χ0) is 15.2. The number of aromatic nitrogens is 1. The molecule has 2 aromatic rings. The van der Waals surface area contributed by atoms with E-state index in [1.807, 2.05) is 0 Å². The fraction of sp³-hybridized carbons (Fsp3) is 0.188. The predicted octanol–water partition coefficient (Wildman–Crippen LogP) is 2.94. The van der Waals surface area contributed by atoms with Gasteiger partial charge in [0.2, 0.25) is 11.5 Å². The second kappa shape index (κ2) is 6.65. The molecule has 110 valence electrons. The molecular weight excluding hydrogens is 270 g/mol. The molecule has 21 heavy (non-hydrogen) atoms. The first-order valence-corrected chi connectivity index (χ1v) is 6.35. The van der Waals surface area contributed by atoms with Crippen LogP contribution in [0.1, 0.15) is 16.1 Å². The van der Waals surface area contributed by atoms with Gasteiger partial charge in [0.15, 0.2) is 11.5 Å². The molecule has 5 nitrogen and oxygen atoms in total. The van der Waals surface area contributed by atoms with Crippen molar-refractivity contribution in [3.8, 4) is 17.2 Å². The van der Waals surface area contributed by atoms with E-state index in [9.17, 15) is 4.79 Å². The molecule has 0 unspecified atom stereocenters. The summed E-state index contributed by atoms with van der Waals surface area (Å²) in [5.41, 5.74) is 1.32. The summed E-state index contributed by atoms with van der Waals surface area (Å²) in [6, 6.07) is 7.06. The van der Waals surface area contributed by atoms with Crippen LogP contribution in [-0.2, 0) is 0 Å². The molecule has 1 aromatic carbocycles. The number of ketones is 1. The highest BCUT2D eigenvalue weighted by molar-refractivity contribution is 6.05. The van der Waals surface area contributed by atoms with Crippen LogP contribution in [0.5, 0.6) is 17.2 Å². The summed E-state index contributed by atoms with van der Waals surface area (Å²) in [6.45, 7) is 0. The Morgan fingerprint density at radius 3 is 2.24 bits per heavy atom. The molecule has 0 aliphatic heterocycles. The third-order valence-electron chi connectivity index (χ3n) is 2.98. The fourth-order valence-corrected chi connectivity index (χ4v) is 1.94. The standard InChI is InChI=1S/C16H17NO4/c1-19-14-9-11(10-15(20-2)16(14)21-3)6-7-13(18)12-5-4-8-17-12/h4-10,17H,1-3H3/b7-6+. The Labute approximate surface area is 123 Å². The second-order valence-electron chi connectivity index (χ2n) is 4.24. The van der Waals surface area contributed by atoms with Gasteiger partial charge in [-0.2, -0.15) is 0 Å². The van der Waals surface area contributed by atoms with E-state index in [2.05, 4.69) is 4.98 Å². The molecule has 1 aromatic heterocycles. The molecule has 0 aliphatic carbocycles. The van der Waals surface area contributed by atoms with Gasteiger partial charge in [-0.15, -0.1) is 0 Å². The first-order valence-electron chi connectivity index (χ1n) is 6.35. The van der Waals surface area contributed by atoms with Crippen molar-refractivity contribution in [3.05, 3.63) is 47.8 Å². The Balaban J connectivity index is 2.30. The molecule has 0 spiro atoms. The number of hydrogen-bond donors (Lipinski definition) is 1. The van der Waals surface area contributed by atoms with E-state index >= 15 is 0 Å². The predicted molar refractivity (Wildman–Crippen MR) is 80.3 cm³/mol. The fourth-order valence-electron chi connectivity index (χ4n) is 1.94. The normalized spacial score (nSPS) is 10.6. The van der Waals surface area contributed by atoms with Crippen LogP contribution >= 0.6 is 0 Å². The van der Waals surface area contributed by atoms with E-state index in [4.69, 9.17) is 14.2 Å². The van der Waals surface area contributed by atoms with Gasteiger partial charge < -0.3 is 19.2 Å². The first kappa shape index (κ1) is 14.7. The summed E-state index contributed by atoms with van der Waals surface area (Å²) < 4.78 is 15.8. The lowest BCUT2D eigenvalue weighted by atomic mass is 10.1. The molecule has 0 radical (unpaired) electrons. The highest BCUT2D eigenvalue weighted by Gasteiger charge is 2.12. The number of ether oxygens (including phenoxy) is 3. The molecule has 0 saturated carbocycles. The first-order chi connectivity index (χ1) is 10.2. The van der Waals surface area contributed by atoms with Crippen molar-refractivity contribution in [3.63, 3.8) is 0 Å². The number of nitrogens with one attached hydrogen (secondary N) is 1. The van der Waals surface area contributed by atoms with Gasteiger partial charge in [-0.1, -0.05) is 6.08 Å². The minimum absolute atomic E-state index is 0.103. The van der Waals surface area contributed by atoms with Gasteiger partial charge in [0.1, 0.15) is 0 Å². The number of carbonyl (C=O) groups excluding carboxylic acids is 1. The van der Waals surface area contributed by atoms with Crippen LogP contribution in [0.3, 0.4) is 0 Å². The molecule has 1 N–H and O–H groups in total. The average Bonchev–Trinajstić information content (AvgIpc) is 3.05. The van der Waals surface area contributed by atoms with Gasteiger partial charge in [0, 0.05) is 6.20 Å². The van der Waals surface area contributed by atoms with Crippen LogP contribution in [-0.4, -0.2) is 32.1 Å². The number of rotatable bonds is 6. The number of carbonyl (C=O) groups is 1. The average molecular weight is 287 g/mol. The zero-order valence-corrected chi connectivity index (χ0v) is 12.2. The van der Waals surface area contributed by atoms with Crippen molar-refractivity contribution in [2.75, 3.05) is 21.3 Å². The van der Waals surface area contributed by atoms with Crippen LogP contribution in [0.4, 0.5) is 0 Å². The summed E-state index contributed by atoms with van der Waals surface area (Å²) in [6.07, 6.45) is 4.90. The van der Waals surface area contributed by atoms with Gasteiger partial charge in [-0.05, 0) is 35.9 Å². The summed E-state index contributed by atoms with van der Waals surface area (Å²) >= 11 is 0. The van der Waals surface area contributed by atoms with Crippen LogP contribution in [0.2, 0.25) is 0 Å². The molecular formula is C16H17NO4. The molecule has 0 atom stereocenters. The number of hydrogen-bond acceptors (Lipinski definition) is 4. The maximum atomic E-state index is 11.9. The summed E-state index contributed by atoms with van der Waals surface area (Å²) in [4.78, 5) is 14.8. The van der Waals surface area contributed by atoms with Gasteiger partial charge in [0.25, 0.3) is 0 Å². The molecule has 2 rings (SSSR count). The van der Waals surface area contributed by atoms with Crippen molar-refractivity contribution in [2.24, 2.45) is 0 Å². The second-order valence-corrected chi connectivity index (χ2v) is 4.24. The molecule has 0 amide bonds. The number of allylic oxidation sites excluding steroid dienone is 1. The summed E-state index contributed by atoms with van der Waals surface area (Å²) in [5, 5.41) is 0. The summed E-state index contributed by atoms with van der Waals surface area (Å²) in [7, 11) is 4.65. The van der Waals surface area contributed by atoms with E-state index in [0.29, 0.717) is 22.9 Å². The molecule has 5 heteroatoms. The lowest BCUT2D eigenvalue weighted by Gasteiger charge is -2.12. The maximum Gasteiger partial charge on any atom is 0.203 e. The topological polar surface area (TPSA) is 60.6 Å². The lowest BCUT2D eigenvalue weighted by Crippen LogP contribution is -1.96. The molecule has 0 bridgehead atoms. The molecule has 1 heterocycles. The van der Waals surface area contributed by atoms with Crippen LogP contribution in [0.25, 0.3) is 6.08 Å². The Morgan fingerprint density at radius 2 is 1.76 bits per heavy atom. The smallest absolute Gasteiger partial charge is 0.203 e. The zero-order valence-electron chi connectivity index (χ0n) is 12.2. The number of H-pyrrole nitrogens is 1. The molecule has 0 saturated heterocycles. The van der Waals surface area contributed by atoms with E-state index in [1.165, 1.54) is 6.08 Å². The van der Waals surface area contributed by atoms with Crippen LogP contribution in [0.15, 0.2) is 36.5 Å². The third kappa shape index (κ3) is 3.25. The Kier molecular flexibility index (Phi) is 4.66. The molecule has 0 fully saturated rings. The van der Waals surface area contributed by atoms with E-state index in [1.54, 1.807) is 57.9 Å². The Bertz CT molecular complexity index is 619. The van der Waals surface area contributed by atoms with Gasteiger partial charge >= 0.3 is 0 Å². The lowest BCUT2D eigenvalue weighted by molar-refractivity contribution is 0.104. The third-order valence-corrected chi connectivity index (χ3v) is 2.98. The van der Waals surface area contributed by atoms with E-state index in [0.717, 1.165) is 5.56 Å². The number of benzene rings is 1. The van der Waals surface area contributed by atoms with E-state index < -0.39 is 0 Å². The number of aromatic amines is 1. The summed E-state index contributed by atoms with van der Waals surface area (Å²) in [5.74, 6) is 1.51. The van der Waals surface area contributed by atoms with Gasteiger partial charge in [0.05, 0.1) is 27.0 Å². The van der Waals surface area contributed by atoms with E-state index in [-0.39, 0.29) is 5.78 Å². The van der Waals surface area contributed by atoms with Gasteiger partial charge in [-0.3, -0.25) is 4.79 Å². The largest absolute Gasteiger partial charge is 0.493 e. The minimum atomic E-state index is -0.103. The van der Waals surface area contributed by atoms with Crippen molar-refractivity contribution in [1.82, 2.24) is 4.98 Å². The highest BCUT2D eigenvalue weighted by Crippen LogP contribution is 2.38. The molecule has 0 aliphatic rings. The quantitative estimate of drug-likeness (QED) is 0.655. The van der Waals surface area contributed by atoms with Crippen molar-refractivity contribution in [1.29, 1.82) is 0 Å². The monoisotopic (exact) mass is 287 g/mol. The Morgan fingerprint density at radius 1 is 1.10 bits per heavy atom. The Hall–Kier alpha value is -2.69. The minimum Gasteiger partial charge on any atom is -0.493 e.